The Balaban J connectivity index is 1.67. The normalized spacial score (nSPS) is 28.3. The highest BCUT2D eigenvalue weighted by Crippen LogP contribution is 2.27. The summed E-state index contributed by atoms with van der Waals surface area (Å²) in [5, 5.41) is 3.48. The summed E-state index contributed by atoms with van der Waals surface area (Å²) >= 11 is 0. The van der Waals surface area contributed by atoms with Crippen LogP contribution in [0.4, 0.5) is 4.39 Å². The van der Waals surface area contributed by atoms with Crippen molar-refractivity contribution < 1.29 is 4.39 Å². The fourth-order valence-corrected chi connectivity index (χ4v) is 3.31. The predicted octanol–water partition coefficient (Wildman–Crippen LogP) is 2.18. The van der Waals surface area contributed by atoms with Gasteiger partial charge in [0.15, 0.2) is 0 Å². The van der Waals surface area contributed by atoms with Crippen molar-refractivity contribution in [2.75, 3.05) is 26.2 Å². The fraction of sp³-hybridized carbons (Fsp3) is 0.600. The lowest BCUT2D eigenvalue weighted by Gasteiger charge is -2.34. The Bertz CT molecular complexity index is 433. The first-order valence-electron chi connectivity index (χ1n) is 6.90. The van der Waals surface area contributed by atoms with Crippen LogP contribution in [0, 0.1) is 24.6 Å². The quantitative estimate of drug-likeness (QED) is 0.863. The van der Waals surface area contributed by atoms with Gasteiger partial charge in [0.2, 0.25) is 0 Å². The number of hydrogen-bond donors (Lipinski definition) is 1. The molecule has 2 saturated heterocycles. The highest BCUT2D eigenvalue weighted by Gasteiger charge is 2.32. The third kappa shape index (κ3) is 2.43. The summed E-state index contributed by atoms with van der Waals surface area (Å²) in [6, 6.07) is 5.12. The second-order valence-electron chi connectivity index (χ2n) is 5.77. The Morgan fingerprint density at radius 2 is 2.17 bits per heavy atom. The lowest BCUT2D eigenvalue weighted by molar-refractivity contribution is 0.142. The van der Waals surface area contributed by atoms with Crippen molar-refractivity contribution >= 4 is 0 Å². The largest absolute Gasteiger partial charge is 0.316 e. The third-order valence-corrected chi connectivity index (χ3v) is 4.49. The average Bonchev–Trinajstić information content (AvgIpc) is 2.81. The maximum absolute atomic E-state index is 13.3. The van der Waals surface area contributed by atoms with Crippen molar-refractivity contribution in [2.24, 2.45) is 11.8 Å². The van der Waals surface area contributed by atoms with Crippen molar-refractivity contribution in [3.05, 3.63) is 35.1 Å². The molecule has 0 radical (unpaired) electrons. The molecule has 2 fully saturated rings. The first-order valence-corrected chi connectivity index (χ1v) is 6.90. The molecule has 0 aromatic heterocycles. The topological polar surface area (TPSA) is 15.3 Å². The molecule has 98 valence electrons. The van der Waals surface area contributed by atoms with E-state index in [9.17, 15) is 4.39 Å². The van der Waals surface area contributed by atoms with Gasteiger partial charge in [-0.1, -0.05) is 6.07 Å². The number of fused-ring (bicyclic) bond motifs is 1. The van der Waals surface area contributed by atoms with Crippen molar-refractivity contribution in [1.82, 2.24) is 10.2 Å². The standard InChI is InChI=1S/C15H21FN2/c1-11-2-3-15(16)6-13(11)9-18-5-4-12-7-17-8-14(12)10-18/h2-3,6,12,14,17H,4-5,7-10H2,1H3. The van der Waals surface area contributed by atoms with Gasteiger partial charge in [-0.15, -0.1) is 0 Å². The van der Waals surface area contributed by atoms with Crippen LogP contribution >= 0.6 is 0 Å². The molecule has 2 aliphatic heterocycles. The summed E-state index contributed by atoms with van der Waals surface area (Å²) < 4.78 is 13.3. The number of nitrogens with one attached hydrogen (secondary N) is 1. The number of piperidine rings is 1. The van der Waals surface area contributed by atoms with Crippen LogP contribution in [0.15, 0.2) is 18.2 Å². The Hall–Kier alpha value is -0.930. The number of nitrogens with zero attached hydrogens (tertiary/aromatic N) is 1. The van der Waals surface area contributed by atoms with Crippen LogP contribution < -0.4 is 5.32 Å². The highest BCUT2D eigenvalue weighted by molar-refractivity contribution is 5.26. The summed E-state index contributed by atoms with van der Waals surface area (Å²) in [6.45, 7) is 7.62. The average molecular weight is 248 g/mol. The van der Waals surface area contributed by atoms with E-state index < -0.39 is 0 Å². The van der Waals surface area contributed by atoms with Gasteiger partial charge >= 0.3 is 0 Å². The minimum absolute atomic E-state index is 0.118. The Morgan fingerprint density at radius 3 is 3.06 bits per heavy atom. The predicted molar refractivity (Wildman–Crippen MR) is 70.9 cm³/mol. The van der Waals surface area contributed by atoms with Crippen LogP contribution in [0.5, 0.6) is 0 Å². The summed E-state index contributed by atoms with van der Waals surface area (Å²) in [4.78, 5) is 2.48. The second-order valence-corrected chi connectivity index (χ2v) is 5.77. The number of benzene rings is 1. The summed E-state index contributed by atoms with van der Waals surface area (Å²) in [6.07, 6.45) is 1.28. The highest BCUT2D eigenvalue weighted by atomic mass is 19.1. The molecule has 3 rings (SSSR count). The van der Waals surface area contributed by atoms with Crippen LogP contribution in [0.25, 0.3) is 0 Å². The first-order chi connectivity index (χ1) is 8.72. The van der Waals surface area contributed by atoms with Crippen LogP contribution in [-0.4, -0.2) is 31.1 Å². The molecule has 0 aliphatic carbocycles. The summed E-state index contributed by atoms with van der Waals surface area (Å²) in [5.74, 6) is 1.55. The van der Waals surface area contributed by atoms with E-state index in [-0.39, 0.29) is 5.82 Å². The number of halogens is 1. The smallest absolute Gasteiger partial charge is 0.123 e. The molecule has 3 heteroatoms. The molecule has 1 N–H and O–H groups in total. The molecular weight excluding hydrogens is 227 g/mol. The van der Waals surface area contributed by atoms with E-state index in [1.54, 1.807) is 12.1 Å². The Kier molecular flexibility index (Phi) is 3.35. The van der Waals surface area contributed by atoms with Crippen molar-refractivity contribution in [3.63, 3.8) is 0 Å². The van der Waals surface area contributed by atoms with E-state index in [1.807, 2.05) is 6.07 Å². The molecule has 0 saturated carbocycles. The summed E-state index contributed by atoms with van der Waals surface area (Å²) in [7, 11) is 0. The zero-order chi connectivity index (χ0) is 12.5. The van der Waals surface area contributed by atoms with Gasteiger partial charge in [0, 0.05) is 13.1 Å². The van der Waals surface area contributed by atoms with Gasteiger partial charge in [0.25, 0.3) is 0 Å². The molecule has 0 amide bonds. The van der Waals surface area contributed by atoms with Crippen LogP contribution in [0.3, 0.4) is 0 Å². The molecular formula is C15H21FN2. The molecule has 2 unspecified atom stereocenters. The van der Waals surface area contributed by atoms with Gasteiger partial charge in [0.1, 0.15) is 5.82 Å². The van der Waals surface area contributed by atoms with Crippen molar-refractivity contribution in [2.45, 2.75) is 19.9 Å². The van der Waals surface area contributed by atoms with Gasteiger partial charge in [0.05, 0.1) is 0 Å². The van der Waals surface area contributed by atoms with Gasteiger partial charge in [-0.2, -0.15) is 0 Å². The molecule has 18 heavy (non-hydrogen) atoms. The van der Waals surface area contributed by atoms with Gasteiger partial charge in [-0.3, -0.25) is 4.90 Å². The second kappa shape index (κ2) is 4.98. The molecule has 1 aromatic carbocycles. The fourth-order valence-electron chi connectivity index (χ4n) is 3.31. The van der Waals surface area contributed by atoms with E-state index in [4.69, 9.17) is 0 Å². The van der Waals surface area contributed by atoms with E-state index in [0.717, 1.165) is 43.6 Å². The molecule has 0 bridgehead atoms. The molecule has 2 heterocycles. The zero-order valence-electron chi connectivity index (χ0n) is 11.0. The minimum Gasteiger partial charge on any atom is -0.316 e. The minimum atomic E-state index is -0.118. The van der Waals surface area contributed by atoms with Crippen molar-refractivity contribution in [1.29, 1.82) is 0 Å². The number of hydrogen-bond acceptors (Lipinski definition) is 2. The monoisotopic (exact) mass is 248 g/mol. The Labute approximate surface area is 108 Å². The van der Waals surface area contributed by atoms with Gasteiger partial charge in [-0.05, 0) is 68.1 Å². The van der Waals surface area contributed by atoms with Crippen LogP contribution in [-0.2, 0) is 6.54 Å². The van der Waals surface area contributed by atoms with Crippen LogP contribution in [0.1, 0.15) is 17.5 Å². The van der Waals surface area contributed by atoms with Gasteiger partial charge in [-0.25, -0.2) is 4.39 Å². The van der Waals surface area contributed by atoms with E-state index in [2.05, 4.69) is 17.1 Å². The van der Waals surface area contributed by atoms with Crippen LogP contribution in [0.2, 0.25) is 0 Å². The summed E-state index contributed by atoms with van der Waals surface area (Å²) in [5.41, 5.74) is 2.34. The lowest BCUT2D eigenvalue weighted by Crippen LogP contribution is -2.39. The Morgan fingerprint density at radius 1 is 1.33 bits per heavy atom. The molecule has 2 aliphatic rings. The molecule has 2 nitrogen and oxygen atoms in total. The van der Waals surface area contributed by atoms with Crippen molar-refractivity contribution in [3.8, 4) is 0 Å². The molecule has 2 atom stereocenters. The van der Waals surface area contributed by atoms with E-state index in [1.165, 1.54) is 18.5 Å². The maximum atomic E-state index is 13.3. The molecule has 0 spiro atoms. The third-order valence-electron chi connectivity index (χ3n) is 4.49. The molecule has 1 aromatic rings. The van der Waals surface area contributed by atoms with Gasteiger partial charge < -0.3 is 5.32 Å². The maximum Gasteiger partial charge on any atom is 0.123 e. The van der Waals surface area contributed by atoms with E-state index in [0.29, 0.717) is 0 Å². The zero-order valence-corrected chi connectivity index (χ0v) is 11.0. The number of aryl methyl sites for hydroxylation is 1. The number of rotatable bonds is 2. The SMILES string of the molecule is Cc1ccc(F)cc1CN1CCC2CNCC2C1. The number of likely N-dealkylation sites (tertiary alicyclic amines) is 1. The lowest BCUT2D eigenvalue weighted by atomic mass is 9.88. The first kappa shape index (κ1) is 12.1. The van der Waals surface area contributed by atoms with E-state index >= 15 is 0 Å².